The molecular formula is C45H73F2N7O9S. The number of benzene rings is 1. The maximum Gasteiger partial charge on any atom is 0.410 e. The number of hydrogen-bond acceptors (Lipinski definition) is 15. The van der Waals surface area contributed by atoms with Gasteiger partial charge >= 0.3 is 12.1 Å². The fourth-order valence-electron chi connectivity index (χ4n) is 9.82. The Morgan fingerprint density at radius 2 is 1.75 bits per heavy atom. The van der Waals surface area contributed by atoms with Gasteiger partial charge in [0.05, 0.1) is 30.0 Å². The molecule has 3 saturated heterocycles. The van der Waals surface area contributed by atoms with Gasteiger partial charge in [-0.05, 0) is 106 Å². The highest BCUT2D eigenvalue weighted by atomic mass is 32.2. The van der Waals surface area contributed by atoms with E-state index in [1.807, 2.05) is 70.4 Å². The molecule has 362 valence electrons. The number of aromatic nitrogens is 3. The zero-order valence-corrected chi connectivity index (χ0v) is 40.8. The number of unbranched alkanes of at least 4 members (excludes halogenated alkanes) is 1. The number of ketones is 1. The molecule has 0 radical (unpaired) electrons. The highest BCUT2D eigenvalue weighted by Crippen LogP contribution is 2.42. The van der Waals surface area contributed by atoms with Crippen molar-refractivity contribution >= 4 is 35.7 Å². The second-order valence-corrected chi connectivity index (χ2v) is 18.9. The van der Waals surface area contributed by atoms with Crippen LogP contribution in [0, 0.1) is 11.8 Å². The summed E-state index contributed by atoms with van der Waals surface area (Å²) in [6, 6.07) is 6.14. The molecule has 0 bridgehead atoms. The molecule has 0 spiro atoms. The van der Waals surface area contributed by atoms with Gasteiger partial charge in [0.2, 0.25) is 0 Å². The summed E-state index contributed by atoms with van der Waals surface area (Å²) in [5, 5.41) is 20.0. The number of nitrogen functional groups attached to an aromatic ring is 1. The molecule has 1 aromatic heterocycles. The number of aliphatic hydroxyl groups is 1. The van der Waals surface area contributed by atoms with Crippen LogP contribution in [0.3, 0.4) is 0 Å². The first-order chi connectivity index (χ1) is 30.0. The van der Waals surface area contributed by atoms with Gasteiger partial charge in [-0.2, -0.15) is 3.89 Å². The van der Waals surface area contributed by atoms with E-state index in [9.17, 15) is 23.4 Å². The first kappa shape index (κ1) is 53.2. The van der Waals surface area contributed by atoms with Crippen molar-refractivity contribution in [3.8, 4) is 11.3 Å². The number of nitrogens with zero attached hydrogens (tertiary/aromatic N) is 6. The van der Waals surface area contributed by atoms with Crippen LogP contribution in [0.5, 0.6) is 0 Å². The van der Waals surface area contributed by atoms with E-state index < -0.39 is 71.3 Å². The monoisotopic (exact) mass is 926 g/mol. The maximum absolute atomic E-state index is 17.0. The standard InChI is InChI=1S/C44H70FN7O9.CH3FS/c1-13-34-44(8)36(52(41(56)61-44)20-15-14-19-51-25-32(47-48-51)30-17-16-18-31(46)22-30)29(5)50(11)24-26(2)23-42(6,57-12)38(28(4)37(54)43(7,45)40(55)59-34)60-39-35(53)33(49(9)10)21-27(3)58-39;1-3-2/h16-18,22,25-29,33-36,38-39,53H,13-15,19-21,23-24,46H2,1-12H3;1H3/t26-,27-,28+,29-,33?,34-,35?,36-,38-,39+,42-,43+,44-;/m1./s1. The normalized spacial score (nSPS) is 35.8. The van der Waals surface area contributed by atoms with Crippen molar-refractivity contribution in [3.05, 3.63) is 30.5 Å². The van der Waals surface area contributed by atoms with Crippen LogP contribution in [0.25, 0.3) is 11.3 Å². The molecule has 19 heteroatoms. The number of amides is 1. The summed E-state index contributed by atoms with van der Waals surface area (Å²) >= 11 is 0.250. The number of carbonyl (C=O) groups is 3. The number of hydrogen-bond donors (Lipinski definition) is 2. The average molecular weight is 926 g/mol. The number of anilines is 1. The van der Waals surface area contributed by atoms with E-state index in [0.717, 1.165) is 12.5 Å². The van der Waals surface area contributed by atoms with Crippen molar-refractivity contribution in [1.29, 1.82) is 0 Å². The van der Waals surface area contributed by atoms with Gasteiger partial charge in [0.1, 0.15) is 17.9 Å². The molecule has 0 aliphatic carbocycles. The van der Waals surface area contributed by atoms with Gasteiger partial charge in [-0.15, -0.1) is 5.10 Å². The summed E-state index contributed by atoms with van der Waals surface area (Å²) in [6.07, 6.45) is 0.151. The predicted molar refractivity (Wildman–Crippen MR) is 242 cm³/mol. The summed E-state index contributed by atoms with van der Waals surface area (Å²) in [4.78, 5) is 48.0. The number of fused-ring (bicyclic) bond motifs is 1. The minimum atomic E-state index is -3.13. The molecular weight excluding hydrogens is 853 g/mol. The lowest BCUT2D eigenvalue weighted by Crippen LogP contribution is -2.61. The van der Waals surface area contributed by atoms with Gasteiger partial charge in [0, 0.05) is 74.4 Å². The topological polar surface area (TPSA) is 184 Å². The van der Waals surface area contributed by atoms with E-state index in [-0.39, 0.29) is 42.7 Å². The summed E-state index contributed by atoms with van der Waals surface area (Å²) in [5.41, 5.74) is 2.38. The molecule has 3 aliphatic heterocycles. The quantitative estimate of drug-likeness (QED) is 0.117. The van der Waals surface area contributed by atoms with E-state index in [1.54, 1.807) is 30.4 Å². The molecule has 16 nitrogen and oxygen atoms in total. The first-order valence-corrected chi connectivity index (χ1v) is 23.4. The number of aryl methyl sites for hydroxylation is 1. The highest BCUT2D eigenvalue weighted by molar-refractivity contribution is 7.93. The van der Waals surface area contributed by atoms with E-state index in [4.69, 9.17) is 29.4 Å². The Morgan fingerprint density at radius 1 is 1.09 bits per heavy atom. The molecule has 2 unspecified atom stereocenters. The summed E-state index contributed by atoms with van der Waals surface area (Å²) < 4.78 is 60.1. The molecule has 2 aromatic rings. The SMILES string of the molecule is CC[C@H]1OC(=O)[C@@](C)(F)C(=O)[C@H](C)[C@@H](O[C@@H]2O[C@H](C)CC(N(C)C)C2O)[C@](C)(OC)C[C@@H](C)CN(C)[C@H](C)[C@H]2N(CCCCn3cc(-c4cccc(N)c4)nn3)C(=O)O[C@]12C.CSF. The van der Waals surface area contributed by atoms with Gasteiger partial charge < -0.3 is 44.3 Å². The Kier molecular flexibility index (Phi) is 18.6. The second kappa shape index (κ2) is 22.4. The zero-order valence-electron chi connectivity index (χ0n) is 40.0. The number of methoxy groups -OCH3 is 1. The minimum absolute atomic E-state index is 0.101. The maximum atomic E-state index is 17.0. The summed E-state index contributed by atoms with van der Waals surface area (Å²) in [7, 11) is 7.19. The Morgan fingerprint density at radius 3 is 2.36 bits per heavy atom. The predicted octanol–water partition coefficient (Wildman–Crippen LogP) is 5.95. The van der Waals surface area contributed by atoms with Gasteiger partial charge in [-0.25, -0.2) is 14.0 Å². The van der Waals surface area contributed by atoms with Crippen LogP contribution in [-0.2, 0) is 39.8 Å². The third-order valence-corrected chi connectivity index (χ3v) is 13.3. The lowest BCUT2D eigenvalue weighted by molar-refractivity contribution is -0.295. The Balaban J connectivity index is 0.00000291. The number of alkyl halides is 1. The number of aliphatic hydroxyl groups excluding tert-OH is 1. The summed E-state index contributed by atoms with van der Waals surface area (Å²) in [5.74, 6) is -3.84. The fourth-order valence-corrected chi connectivity index (χ4v) is 9.82. The number of rotatable bonds is 11. The van der Waals surface area contributed by atoms with Crippen LogP contribution >= 0.6 is 12.1 Å². The Labute approximate surface area is 382 Å². The first-order valence-electron chi connectivity index (χ1n) is 22.2. The second-order valence-electron chi connectivity index (χ2n) is 18.6. The van der Waals surface area contributed by atoms with Crippen LogP contribution in [0.2, 0.25) is 0 Å². The van der Waals surface area contributed by atoms with Gasteiger partial charge in [0.25, 0.3) is 5.67 Å². The van der Waals surface area contributed by atoms with E-state index in [1.165, 1.54) is 20.3 Å². The smallest absolute Gasteiger partial charge is 0.410 e. The van der Waals surface area contributed by atoms with Crippen LogP contribution in [0.1, 0.15) is 87.5 Å². The van der Waals surface area contributed by atoms with Gasteiger partial charge in [-0.3, -0.25) is 14.4 Å². The van der Waals surface area contributed by atoms with Crippen LogP contribution in [0.15, 0.2) is 30.5 Å². The van der Waals surface area contributed by atoms with Crippen molar-refractivity contribution in [2.24, 2.45) is 11.8 Å². The Hall–Kier alpha value is -3.46. The molecule has 3 N–H and O–H groups in total. The molecule has 13 atom stereocenters. The van der Waals surface area contributed by atoms with Gasteiger partial charge in [0.15, 0.2) is 17.7 Å². The number of Topliss-reactive ketones (excluding diaryl/α,β-unsaturated/α-hetero) is 1. The Bertz CT molecular complexity index is 1860. The van der Waals surface area contributed by atoms with Gasteiger partial charge in [-0.1, -0.05) is 38.1 Å². The number of carbonyl (C=O) groups excluding carboxylic acids is 3. The largest absolute Gasteiger partial charge is 0.455 e. The molecule has 1 aromatic carbocycles. The van der Waals surface area contributed by atoms with E-state index >= 15 is 4.39 Å². The number of nitrogens with two attached hydrogens (primary N) is 1. The number of cyclic esters (lactones) is 1. The van der Waals surface area contributed by atoms with Crippen molar-refractivity contribution in [2.45, 2.75) is 160 Å². The molecule has 4 heterocycles. The summed E-state index contributed by atoms with van der Waals surface area (Å²) in [6.45, 7) is 15.0. The van der Waals surface area contributed by atoms with Crippen molar-refractivity contribution in [2.75, 3.05) is 53.3 Å². The molecule has 64 heavy (non-hydrogen) atoms. The third kappa shape index (κ3) is 11.9. The zero-order chi connectivity index (χ0) is 47.9. The molecule has 1 amide bonds. The lowest BCUT2D eigenvalue weighted by atomic mass is 9.77. The number of esters is 1. The number of ether oxygens (including phenoxy) is 5. The molecule has 5 rings (SSSR count). The van der Waals surface area contributed by atoms with Crippen molar-refractivity contribution in [1.82, 2.24) is 29.7 Å². The average Bonchev–Trinajstić information content (AvgIpc) is 3.81. The molecule has 3 aliphatic rings. The van der Waals surface area contributed by atoms with E-state index in [0.29, 0.717) is 56.7 Å². The van der Waals surface area contributed by atoms with Crippen molar-refractivity contribution < 1.29 is 51.5 Å². The fraction of sp³-hybridized carbons (Fsp3) is 0.756. The molecule has 0 saturated carbocycles. The number of halogens is 2. The molecule has 3 fully saturated rings. The third-order valence-electron chi connectivity index (χ3n) is 13.3. The highest BCUT2D eigenvalue weighted by Gasteiger charge is 2.61. The van der Waals surface area contributed by atoms with E-state index in [2.05, 4.69) is 22.1 Å². The number of likely N-dealkylation sites (N-methyl/N-ethyl adjacent to an activating group) is 2. The van der Waals surface area contributed by atoms with Crippen LogP contribution in [-0.4, -0.2) is 166 Å². The lowest BCUT2D eigenvalue weighted by Gasteiger charge is -2.47. The van der Waals surface area contributed by atoms with Crippen molar-refractivity contribution in [3.63, 3.8) is 0 Å². The van der Waals surface area contributed by atoms with Crippen LogP contribution < -0.4 is 5.73 Å². The van der Waals surface area contributed by atoms with Crippen LogP contribution in [0.4, 0.5) is 18.8 Å². The minimum Gasteiger partial charge on any atom is -0.455 e.